The Hall–Kier alpha value is -2.94. The first-order chi connectivity index (χ1) is 12.2. The molecule has 4 aromatic rings. The van der Waals surface area contributed by atoms with Gasteiger partial charge < -0.3 is 8.98 Å². The van der Waals surface area contributed by atoms with E-state index in [1.165, 1.54) is 11.8 Å². The fourth-order valence-electron chi connectivity index (χ4n) is 2.49. The van der Waals surface area contributed by atoms with Gasteiger partial charge in [-0.05, 0) is 35.5 Å². The van der Waals surface area contributed by atoms with Gasteiger partial charge in [0.1, 0.15) is 5.76 Å². The lowest BCUT2D eigenvalue weighted by Gasteiger charge is -2.04. The number of furan rings is 1. The molecule has 0 radical (unpaired) electrons. The standard InChI is InChI=1S/C16H15N7OS/c1-11-13(8-9-24-11)15-18-19-16(22(15)2)25-10-14-17-20-21-23(14)12-6-4-3-5-7-12/h3-9H,10H2,1-2H3. The van der Waals surface area contributed by atoms with Crippen molar-refractivity contribution in [2.45, 2.75) is 17.8 Å². The monoisotopic (exact) mass is 353 g/mol. The third-order valence-electron chi connectivity index (χ3n) is 3.80. The molecule has 0 spiro atoms. The van der Waals surface area contributed by atoms with Gasteiger partial charge in [0, 0.05) is 7.05 Å². The summed E-state index contributed by atoms with van der Waals surface area (Å²) in [4.78, 5) is 0. The molecule has 0 N–H and O–H groups in total. The van der Waals surface area contributed by atoms with Crippen LogP contribution < -0.4 is 0 Å². The molecule has 9 heteroatoms. The minimum absolute atomic E-state index is 0.582. The predicted octanol–water partition coefficient (Wildman–Crippen LogP) is 2.65. The van der Waals surface area contributed by atoms with Crippen LogP contribution >= 0.6 is 11.8 Å². The molecule has 0 unspecified atom stereocenters. The molecule has 0 aliphatic heterocycles. The molecule has 25 heavy (non-hydrogen) atoms. The molecule has 3 heterocycles. The Morgan fingerprint density at radius 3 is 2.68 bits per heavy atom. The summed E-state index contributed by atoms with van der Waals surface area (Å²) >= 11 is 1.53. The summed E-state index contributed by atoms with van der Waals surface area (Å²) in [5, 5.41) is 21.3. The Bertz CT molecular complexity index is 989. The van der Waals surface area contributed by atoms with Crippen LogP contribution in [0.15, 0.2) is 52.2 Å². The van der Waals surface area contributed by atoms with E-state index in [1.807, 2.05) is 54.9 Å². The first-order valence-corrected chi connectivity index (χ1v) is 8.62. The van der Waals surface area contributed by atoms with Gasteiger partial charge in [0.05, 0.1) is 23.3 Å². The molecule has 0 fully saturated rings. The molecule has 0 aliphatic rings. The highest BCUT2D eigenvalue weighted by molar-refractivity contribution is 7.98. The number of thioether (sulfide) groups is 1. The average molecular weight is 353 g/mol. The van der Waals surface area contributed by atoms with Crippen molar-refractivity contribution in [3.8, 4) is 17.1 Å². The van der Waals surface area contributed by atoms with Crippen molar-refractivity contribution < 1.29 is 4.42 Å². The van der Waals surface area contributed by atoms with E-state index in [0.29, 0.717) is 5.75 Å². The third-order valence-corrected chi connectivity index (χ3v) is 4.82. The van der Waals surface area contributed by atoms with E-state index in [0.717, 1.165) is 33.8 Å². The molecule has 0 amide bonds. The Morgan fingerprint density at radius 2 is 1.92 bits per heavy atom. The van der Waals surface area contributed by atoms with Crippen LogP contribution in [0.5, 0.6) is 0 Å². The summed E-state index contributed by atoms with van der Waals surface area (Å²) < 4.78 is 9.02. The minimum atomic E-state index is 0.582. The van der Waals surface area contributed by atoms with E-state index in [4.69, 9.17) is 4.42 Å². The highest BCUT2D eigenvalue weighted by Crippen LogP contribution is 2.27. The maximum absolute atomic E-state index is 5.35. The van der Waals surface area contributed by atoms with Gasteiger partial charge in [-0.2, -0.15) is 4.68 Å². The highest BCUT2D eigenvalue weighted by atomic mass is 32.2. The van der Waals surface area contributed by atoms with Crippen molar-refractivity contribution >= 4 is 11.8 Å². The van der Waals surface area contributed by atoms with E-state index in [9.17, 15) is 0 Å². The lowest BCUT2D eigenvalue weighted by Crippen LogP contribution is -2.02. The molecule has 0 saturated carbocycles. The Balaban J connectivity index is 1.55. The van der Waals surface area contributed by atoms with Crippen molar-refractivity contribution in [3.05, 3.63) is 54.2 Å². The predicted molar refractivity (Wildman–Crippen MR) is 92.2 cm³/mol. The zero-order chi connectivity index (χ0) is 17.2. The van der Waals surface area contributed by atoms with Gasteiger partial charge in [-0.1, -0.05) is 30.0 Å². The van der Waals surface area contributed by atoms with Crippen LogP contribution in [-0.2, 0) is 12.8 Å². The molecule has 0 aliphatic carbocycles. The topological polar surface area (TPSA) is 87.5 Å². The summed E-state index contributed by atoms with van der Waals surface area (Å²) in [6, 6.07) is 11.7. The van der Waals surface area contributed by atoms with Gasteiger partial charge >= 0.3 is 0 Å². The molecule has 8 nitrogen and oxygen atoms in total. The molecule has 126 valence electrons. The zero-order valence-corrected chi connectivity index (χ0v) is 14.5. The maximum Gasteiger partial charge on any atom is 0.191 e. The zero-order valence-electron chi connectivity index (χ0n) is 13.7. The lowest BCUT2D eigenvalue weighted by molar-refractivity contribution is 0.534. The fourth-order valence-corrected chi connectivity index (χ4v) is 3.30. The second kappa shape index (κ2) is 6.52. The van der Waals surface area contributed by atoms with Crippen LogP contribution in [0.2, 0.25) is 0 Å². The smallest absolute Gasteiger partial charge is 0.191 e. The van der Waals surface area contributed by atoms with Crippen molar-refractivity contribution in [1.29, 1.82) is 0 Å². The number of nitrogens with zero attached hydrogens (tertiary/aromatic N) is 7. The normalized spacial score (nSPS) is 11.1. The van der Waals surface area contributed by atoms with E-state index in [2.05, 4.69) is 25.7 Å². The second-order valence-electron chi connectivity index (χ2n) is 5.39. The van der Waals surface area contributed by atoms with Crippen LogP contribution in [0.25, 0.3) is 17.1 Å². The van der Waals surface area contributed by atoms with E-state index in [-0.39, 0.29) is 0 Å². The number of tetrazole rings is 1. The van der Waals surface area contributed by atoms with Crippen molar-refractivity contribution in [3.63, 3.8) is 0 Å². The molecule has 4 rings (SSSR count). The number of para-hydroxylation sites is 1. The third kappa shape index (κ3) is 2.93. The van der Waals surface area contributed by atoms with Gasteiger partial charge in [0.2, 0.25) is 0 Å². The molecule has 0 saturated heterocycles. The molecule has 0 atom stereocenters. The van der Waals surface area contributed by atoms with Crippen LogP contribution in [0.1, 0.15) is 11.6 Å². The lowest BCUT2D eigenvalue weighted by atomic mass is 10.2. The maximum atomic E-state index is 5.35. The average Bonchev–Trinajstić information content (AvgIpc) is 3.34. The molecule has 3 aromatic heterocycles. The molecular formula is C16H15N7OS. The van der Waals surface area contributed by atoms with Gasteiger partial charge in [-0.25, -0.2) is 0 Å². The Morgan fingerprint density at radius 1 is 1.08 bits per heavy atom. The van der Waals surface area contributed by atoms with Gasteiger partial charge in [0.25, 0.3) is 0 Å². The first-order valence-electron chi connectivity index (χ1n) is 7.63. The largest absolute Gasteiger partial charge is 0.469 e. The van der Waals surface area contributed by atoms with E-state index >= 15 is 0 Å². The number of hydrogen-bond donors (Lipinski definition) is 0. The van der Waals surface area contributed by atoms with Crippen molar-refractivity contribution in [2.75, 3.05) is 0 Å². The first kappa shape index (κ1) is 15.6. The SMILES string of the molecule is Cc1occc1-c1nnc(SCc2nnnn2-c2ccccc2)n1C. The van der Waals surface area contributed by atoms with Gasteiger partial charge in [0.15, 0.2) is 16.8 Å². The summed E-state index contributed by atoms with van der Waals surface area (Å²) in [5.74, 6) is 2.93. The quantitative estimate of drug-likeness (QED) is 0.510. The van der Waals surface area contributed by atoms with Crippen LogP contribution in [-0.4, -0.2) is 35.0 Å². The molecule has 0 bridgehead atoms. The van der Waals surface area contributed by atoms with E-state index < -0.39 is 0 Å². The summed E-state index contributed by atoms with van der Waals surface area (Å²) in [6.45, 7) is 1.91. The number of aryl methyl sites for hydroxylation is 1. The van der Waals surface area contributed by atoms with Crippen LogP contribution in [0, 0.1) is 6.92 Å². The summed E-state index contributed by atoms with van der Waals surface area (Å²) in [7, 11) is 1.93. The second-order valence-corrected chi connectivity index (χ2v) is 6.33. The number of rotatable bonds is 5. The molecular weight excluding hydrogens is 338 g/mol. The number of benzene rings is 1. The van der Waals surface area contributed by atoms with E-state index in [1.54, 1.807) is 10.9 Å². The van der Waals surface area contributed by atoms with Crippen LogP contribution in [0.4, 0.5) is 0 Å². The summed E-state index contributed by atoms with van der Waals surface area (Å²) in [5.41, 5.74) is 1.87. The highest BCUT2D eigenvalue weighted by Gasteiger charge is 2.16. The van der Waals surface area contributed by atoms with Gasteiger partial charge in [-0.3, -0.25) is 0 Å². The fraction of sp³-hybridized carbons (Fsp3) is 0.188. The van der Waals surface area contributed by atoms with Gasteiger partial charge in [-0.15, -0.1) is 15.3 Å². The molecule has 1 aromatic carbocycles. The minimum Gasteiger partial charge on any atom is -0.469 e. The van der Waals surface area contributed by atoms with Crippen molar-refractivity contribution in [2.24, 2.45) is 7.05 Å². The number of hydrogen-bond acceptors (Lipinski definition) is 7. The summed E-state index contributed by atoms with van der Waals surface area (Å²) in [6.07, 6.45) is 1.65. The van der Waals surface area contributed by atoms with Crippen LogP contribution in [0.3, 0.4) is 0 Å². The Labute approximate surface area is 147 Å². The number of aromatic nitrogens is 7. The Kier molecular flexibility index (Phi) is 4.06. The van der Waals surface area contributed by atoms with Crippen molar-refractivity contribution in [1.82, 2.24) is 35.0 Å².